The third-order valence-corrected chi connectivity index (χ3v) is 2.30. The molecule has 0 unspecified atom stereocenters. The minimum absolute atomic E-state index is 0.206. The van der Waals surface area contributed by atoms with Gasteiger partial charge >= 0.3 is 0 Å². The van der Waals surface area contributed by atoms with Crippen LogP contribution < -0.4 is 0 Å². The zero-order valence-corrected chi connectivity index (χ0v) is 6.77. The van der Waals surface area contributed by atoms with Crippen molar-refractivity contribution in [1.29, 1.82) is 0 Å². The molecule has 0 saturated heterocycles. The summed E-state index contributed by atoms with van der Waals surface area (Å²) in [6.45, 7) is 1.56. The molecule has 1 rings (SSSR count). The SMILES string of the molecule is Cc1cccc(F)c1[SH](=O)=O. The molecule has 0 bridgehead atoms. The third kappa shape index (κ3) is 1.57. The average Bonchev–Trinajstić information content (AvgIpc) is 1.85. The van der Waals surface area contributed by atoms with Gasteiger partial charge in [0.1, 0.15) is 10.7 Å². The second-order valence-corrected chi connectivity index (χ2v) is 3.12. The van der Waals surface area contributed by atoms with Crippen LogP contribution in [0.15, 0.2) is 23.1 Å². The van der Waals surface area contributed by atoms with Crippen LogP contribution >= 0.6 is 0 Å². The van der Waals surface area contributed by atoms with Gasteiger partial charge < -0.3 is 0 Å². The van der Waals surface area contributed by atoms with Crippen molar-refractivity contribution in [2.75, 3.05) is 0 Å². The first-order valence-corrected chi connectivity index (χ1v) is 4.20. The van der Waals surface area contributed by atoms with Gasteiger partial charge in [0.05, 0.1) is 0 Å². The lowest BCUT2D eigenvalue weighted by Crippen LogP contribution is -1.90. The van der Waals surface area contributed by atoms with Crippen molar-refractivity contribution in [3.63, 3.8) is 0 Å². The first-order chi connectivity index (χ1) is 5.13. The molecule has 60 valence electrons. The van der Waals surface area contributed by atoms with E-state index >= 15 is 0 Å². The summed E-state index contributed by atoms with van der Waals surface area (Å²) < 4.78 is 33.6. The molecular weight excluding hydrogens is 167 g/mol. The molecule has 0 heterocycles. The topological polar surface area (TPSA) is 34.1 Å². The summed E-state index contributed by atoms with van der Waals surface area (Å²) >= 11 is 0. The van der Waals surface area contributed by atoms with Gasteiger partial charge in [-0.15, -0.1) is 0 Å². The molecule has 0 aromatic heterocycles. The quantitative estimate of drug-likeness (QED) is 0.647. The summed E-state index contributed by atoms with van der Waals surface area (Å²) in [7, 11) is -2.81. The van der Waals surface area contributed by atoms with E-state index in [1.165, 1.54) is 6.07 Å². The lowest BCUT2D eigenvalue weighted by Gasteiger charge is -1.97. The normalized spacial score (nSPS) is 10.5. The lowest BCUT2D eigenvalue weighted by atomic mass is 10.2. The van der Waals surface area contributed by atoms with Crippen molar-refractivity contribution in [3.8, 4) is 0 Å². The Kier molecular flexibility index (Phi) is 2.24. The number of benzene rings is 1. The number of thiol groups is 1. The van der Waals surface area contributed by atoms with Crippen molar-refractivity contribution in [2.45, 2.75) is 11.8 Å². The maximum atomic E-state index is 12.7. The highest BCUT2D eigenvalue weighted by Gasteiger charge is 2.05. The van der Waals surface area contributed by atoms with Crippen molar-refractivity contribution >= 4 is 10.7 Å². The molecule has 11 heavy (non-hydrogen) atoms. The zero-order valence-electron chi connectivity index (χ0n) is 5.87. The molecule has 0 aliphatic carbocycles. The maximum Gasteiger partial charge on any atom is 0.171 e. The highest BCUT2D eigenvalue weighted by Crippen LogP contribution is 2.12. The van der Waals surface area contributed by atoms with Gasteiger partial charge in [0.15, 0.2) is 10.7 Å². The predicted molar refractivity (Wildman–Crippen MR) is 39.7 cm³/mol. The predicted octanol–water partition coefficient (Wildman–Crippen LogP) is 1.10. The Balaban J connectivity index is 3.44. The number of halogens is 1. The molecule has 0 atom stereocenters. The first-order valence-electron chi connectivity index (χ1n) is 3.02. The van der Waals surface area contributed by atoms with Crippen LogP contribution in [0.4, 0.5) is 4.39 Å². The van der Waals surface area contributed by atoms with Gasteiger partial charge in [-0.1, -0.05) is 12.1 Å². The maximum absolute atomic E-state index is 12.7. The van der Waals surface area contributed by atoms with E-state index < -0.39 is 16.5 Å². The number of rotatable bonds is 1. The van der Waals surface area contributed by atoms with Crippen LogP contribution in [-0.4, -0.2) is 8.42 Å². The molecule has 0 spiro atoms. The minimum atomic E-state index is -2.81. The average molecular weight is 174 g/mol. The van der Waals surface area contributed by atoms with Crippen LogP contribution in [0.2, 0.25) is 0 Å². The second kappa shape index (κ2) is 3.00. The van der Waals surface area contributed by atoms with Crippen molar-refractivity contribution in [3.05, 3.63) is 29.6 Å². The highest BCUT2D eigenvalue weighted by molar-refractivity contribution is 7.72. The van der Waals surface area contributed by atoms with Gasteiger partial charge in [0, 0.05) is 0 Å². The number of aryl methyl sites for hydroxylation is 1. The Hall–Kier alpha value is -0.900. The summed E-state index contributed by atoms with van der Waals surface area (Å²) in [5.41, 5.74) is 0.445. The smallest absolute Gasteiger partial charge is 0.171 e. The van der Waals surface area contributed by atoms with Crippen LogP contribution in [-0.2, 0) is 10.7 Å². The van der Waals surface area contributed by atoms with Crippen molar-refractivity contribution in [2.24, 2.45) is 0 Å². The molecular formula is C7H7FO2S. The standard InChI is InChI=1S/C7H7FO2S/c1-5-3-2-4-6(8)7(5)11(9)10/h2-4,11H,1H3. The second-order valence-electron chi connectivity index (χ2n) is 2.16. The largest absolute Gasteiger partial charge is 0.227 e. The molecule has 0 N–H and O–H groups in total. The molecule has 0 radical (unpaired) electrons. The van der Waals surface area contributed by atoms with Crippen molar-refractivity contribution in [1.82, 2.24) is 0 Å². The van der Waals surface area contributed by atoms with E-state index in [1.807, 2.05) is 0 Å². The van der Waals surface area contributed by atoms with Gasteiger partial charge in [0.25, 0.3) is 0 Å². The lowest BCUT2D eigenvalue weighted by molar-refractivity contribution is 0.576. The first kappa shape index (κ1) is 8.20. The fourth-order valence-electron chi connectivity index (χ4n) is 0.854. The third-order valence-electron chi connectivity index (χ3n) is 1.37. The summed E-state index contributed by atoms with van der Waals surface area (Å²) in [6.07, 6.45) is 0. The summed E-state index contributed by atoms with van der Waals surface area (Å²) in [4.78, 5) is -0.206. The van der Waals surface area contributed by atoms with Crippen LogP contribution in [0.3, 0.4) is 0 Å². The van der Waals surface area contributed by atoms with Crippen LogP contribution in [0.5, 0.6) is 0 Å². The van der Waals surface area contributed by atoms with E-state index in [2.05, 4.69) is 0 Å². The van der Waals surface area contributed by atoms with Crippen LogP contribution in [0.25, 0.3) is 0 Å². The summed E-state index contributed by atoms with van der Waals surface area (Å²) in [5.74, 6) is -0.680. The number of hydrogen-bond acceptors (Lipinski definition) is 2. The van der Waals surface area contributed by atoms with E-state index in [9.17, 15) is 12.8 Å². The van der Waals surface area contributed by atoms with E-state index in [0.717, 1.165) is 6.07 Å². The van der Waals surface area contributed by atoms with E-state index in [1.54, 1.807) is 13.0 Å². The molecule has 2 nitrogen and oxygen atoms in total. The fraction of sp³-hybridized carbons (Fsp3) is 0.143. The summed E-state index contributed by atoms with van der Waals surface area (Å²) in [5, 5.41) is 0. The van der Waals surface area contributed by atoms with E-state index in [-0.39, 0.29) is 4.90 Å². The van der Waals surface area contributed by atoms with E-state index in [0.29, 0.717) is 5.56 Å². The van der Waals surface area contributed by atoms with Crippen LogP contribution in [0, 0.1) is 12.7 Å². The minimum Gasteiger partial charge on any atom is -0.227 e. The monoisotopic (exact) mass is 174 g/mol. The molecule has 4 heteroatoms. The van der Waals surface area contributed by atoms with E-state index in [4.69, 9.17) is 0 Å². The highest BCUT2D eigenvalue weighted by atomic mass is 32.2. The molecule has 1 aromatic carbocycles. The van der Waals surface area contributed by atoms with Gasteiger partial charge in [0.2, 0.25) is 0 Å². The fourth-order valence-corrected chi connectivity index (χ4v) is 1.47. The van der Waals surface area contributed by atoms with Gasteiger partial charge in [-0.05, 0) is 18.6 Å². The Labute approximate surface area is 65.6 Å². The number of hydrogen-bond donors (Lipinski definition) is 1. The summed E-state index contributed by atoms with van der Waals surface area (Å²) in [6, 6.07) is 4.17. The Bertz CT molecular complexity index is 316. The Morgan fingerprint density at radius 2 is 2.00 bits per heavy atom. The molecule has 0 fully saturated rings. The van der Waals surface area contributed by atoms with Crippen molar-refractivity contribution < 1.29 is 12.8 Å². The van der Waals surface area contributed by atoms with Gasteiger partial charge in [-0.25, -0.2) is 12.8 Å². The molecule has 0 amide bonds. The molecule has 1 aromatic rings. The zero-order chi connectivity index (χ0) is 8.43. The molecule has 0 saturated carbocycles. The van der Waals surface area contributed by atoms with Crippen LogP contribution in [0.1, 0.15) is 5.56 Å². The Morgan fingerprint density at radius 1 is 1.36 bits per heavy atom. The Morgan fingerprint density at radius 3 is 2.36 bits per heavy atom. The molecule has 0 aliphatic rings. The molecule has 0 aliphatic heterocycles. The van der Waals surface area contributed by atoms with Gasteiger partial charge in [-0.2, -0.15) is 0 Å². The van der Waals surface area contributed by atoms with Gasteiger partial charge in [-0.3, -0.25) is 0 Å².